The molecule has 0 aromatic heterocycles. The number of aliphatic hydroxyl groups is 1. The van der Waals surface area contributed by atoms with Gasteiger partial charge in [-0.25, -0.2) is 0 Å². The molecule has 1 heterocycles. The molecule has 1 aliphatic heterocycles. The van der Waals surface area contributed by atoms with E-state index in [2.05, 4.69) is 4.90 Å². The van der Waals surface area contributed by atoms with Crippen LogP contribution in [0.1, 0.15) is 11.1 Å². The van der Waals surface area contributed by atoms with Gasteiger partial charge in [0.2, 0.25) is 0 Å². The molecule has 0 saturated carbocycles. The molecule has 82 valence electrons. The zero-order chi connectivity index (χ0) is 10.8. The normalized spacial score (nSPS) is 17.8. The highest BCUT2D eigenvalue weighted by molar-refractivity contribution is 6.30. The summed E-state index contributed by atoms with van der Waals surface area (Å²) < 4.78 is 0. The molecule has 0 aliphatic carbocycles. The van der Waals surface area contributed by atoms with Crippen molar-refractivity contribution in [2.45, 2.75) is 19.2 Å². The number of hydrogen-bond donors (Lipinski definition) is 2. The van der Waals surface area contributed by atoms with Gasteiger partial charge < -0.3 is 10.8 Å². The molecule has 1 fully saturated rings. The van der Waals surface area contributed by atoms with Crippen molar-refractivity contribution in [2.75, 3.05) is 13.1 Å². The Labute approximate surface area is 94.4 Å². The summed E-state index contributed by atoms with van der Waals surface area (Å²) in [6.07, 6.45) is -0.154. The molecule has 0 spiro atoms. The molecule has 3 nitrogen and oxygen atoms in total. The minimum atomic E-state index is -0.154. The number of halogens is 1. The van der Waals surface area contributed by atoms with Crippen molar-refractivity contribution in [1.29, 1.82) is 0 Å². The number of β-amino-alcohol motifs (C(OH)–C–C–N with tert-alkyl or cyclic N) is 1. The lowest BCUT2D eigenvalue weighted by molar-refractivity contribution is -0.00299. The van der Waals surface area contributed by atoms with E-state index in [0.29, 0.717) is 6.54 Å². The standard InChI is InChI=1S/C11H15ClN2O/c12-10-2-1-8(9(3-10)4-13)5-14-6-11(15)7-14/h1-3,11,15H,4-7,13H2. The first kappa shape index (κ1) is 10.9. The van der Waals surface area contributed by atoms with Gasteiger partial charge in [-0.1, -0.05) is 17.7 Å². The maximum atomic E-state index is 9.18. The minimum Gasteiger partial charge on any atom is -0.390 e. The molecule has 0 unspecified atom stereocenters. The zero-order valence-corrected chi connectivity index (χ0v) is 9.24. The number of nitrogens with zero attached hydrogens (tertiary/aromatic N) is 1. The van der Waals surface area contributed by atoms with Gasteiger partial charge in [0, 0.05) is 31.2 Å². The topological polar surface area (TPSA) is 49.5 Å². The molecular formula is C11H15ClN2O. The third-order valence-corrected chi connectivity index (χ3v) is 2.96. The Morgan fingerprint density at radius 2 is 2.13 bits per heavy atom. The van der Waals surface area contributed by atoms with Crippen LogP contribution in [0.3, 0.4) is 0 Å². The lowest BCUT2D eigenvalue weighted by Gasteiger charge is -2.36. The summed E-state index contributed by atoms with van der Waals surface area (Å²) in [5.41, 5.74) is 7.94. The molecule has 3 N–H and O–H groups in total. The summed E-state index contributed by atoms with van der Waals surface area (Å²) in [7, 11) is 0. The maximum absolute atomic E-state index is 9.18. The van der Waals surface area contributed by atoms with Gasteiger partial charge in [-0.2, -0.15) is 0 Å². The van der Waals surface area contributed by atoms with Crippen LogP contribution in [0.25, 0.3) is 0 Å². The SMILES string of the molecule is NCc1cc(Cl)ccc1CN1CC(O)C1. The molecular weight excluding hydrogens is 212 g/mol. The average Bonchev–Trinajstić information content (AvgIpc) is 2.18. The van der Waals surface area contributed by atoms with Crippen LogP contribution in [-0.4, -0.2) is 29.2 Å². The van der Waals surface area contributed by atoms with E-state index in [0.717, 1.165) is 30.2 Å². The van der Waals surface area contributed by atoms with E-state index >= 15 is 0 Å². The van der Waals surface area contributed by atoms with Crippen molar-refractivity contribution in [1.82, 2.24) is 4.90 Å². The van der Waals surface area contributed by atoms with Crippen molar-refractivity contribution >= 4 is 11.6 Å². The number of hydrogen-bond acceptors (Lipinski definition) is 3. The second-order valence-electron chi connectivity index (χ2n) is 3.97. The molecule has 15 heavy (non-hydrogen) atoms. The summed E-state index contributed by atoms with van der Waals surface area (Å²) in [5, 5.41) is 9.90. The number of nitrogens with two attached hydrogens (primary N) is 1. The first-order valence-electron chi connectivity index (χ1n) is 5.07. The molecule has 1 aromatic rings. The Morgan fingerprint density at radius 1 is 1.40 bits per heavy atom. The Morgan fingerprint density at radius 3 is 2.73 bits per heavy atom. The third-order valence-electron chi connectivity index (χ3n) is 2.72. The zero-order valence-electron chi connectivity index (χ0n) is 8.49. The van der Waals surface area contributed by atoms with Crippen LogP contribution in [-0.2, 0) is 13.1 Å². The minimum absolute atomic E-state index is 0.154. The Bertz CT molecular complexity index is 350. The number of likely N-dealkylation sites (tertiary alicyclic amines) is 1. The van der Waals surface area contributed by atoms with Crippen molar-refractivity contribution in [3.63, 3.8) is 0 Å². The second-order valence-corrected chi connectivity index (χ2v) is 4.40. The first-order chi connectivity index (χ1) is 7.19. The molecule has 4 heteroatoms. The Kier molecular flexibility index (Phi) is 3.26. The fourth-order valence-electron chi connectivity index (χ4n) is 1.85. The van der Waals surface area contributed by atoms with Crippen LogP contribution in [0.5, 0.6) is 0 Å². The van der Waals surface area contributed by atoms with Gasteiger partial charge in [0.1, 0.15) is 0 Å². The summed E-state index contributed by atoms with van der Waals surface area (Å²) in [5.74, 6) is 0. The Hall–Kier alpha value is -0.610. The highest BCUT2D eigenvalue weighted by Gasteiger charge is 2.24. The fraction of sp³-hybridized carbons (Fsp3) is 0.455. The fourth-order valence-corrected chi connectivity index (χ4v) is 2.05. The molecule has 0 radical (unpaired) electrons. The van der Waals surface area contributed by atoms with Crippen LogP contribution in [0.15, 0.2) is 18.2 Å². The van der Waals surface area contributed by atoms with E-state index in [9.17, 15) is 5.11 Å². The van der Waals surface area contributed by atoms with Gasteiger partial charge in [-0.3, -0.25) is 4.90 Å². The molecule has 0 bridgehead atoms. The average molecular weight is 227 g/mol. The van der Waals surface area contributed by atoms with E-state index in [4.69, 9.17) is 17.3 Å². The van der Waals surface area contributed by atoms with E-state index in [1.165, 1.54) is 5.56 Å². The molecule has 0 atom stereocenters. The third kappa shape index (κ3) is 2.49. The molecule has 1 aromatic carbocycles. The number of aliphatic hydroxyl groups excluding tert-OH is 1. The summed E-state index contributed by atoms with van der Waals surface area (Å²) in [6.45, 7) is 2.87. The van der Waals surface area contributed by atoms with Crippen LogP contribution < -0.4 is 5.73 Å². The second kappa shape index (κ2) is 4.49. The number of rotatable bonds is 3. The molecule has 0 amide bonds. The Balaban J connectivity index is 2.07. The smallest absolute Gasteiger partial charge is 0.0794 e. The van der Waals surface area contributed by atoms with E-state index < -0.39 is 0 Å². The van der Waals surface area contributed by atoms with Gasteiger partial charge in [-0.15, -0.1) is 0 Å². The maximum Gasteiger partial charge on any atom is 0.0794 e. The van der Waals surface area contributed by atoms with Gasteiger partial charge >= 0.3 is 0 Å². The number of benzene rings is 1. The highest BCUT2D eigenvalue weighted by Crippen LogP contribution is 2.19. The van der Waals surface area contributed by atoms with E-state index in [1.54, 1.807) is 0 Å². The van der Waals surface area contributed by atoms with Crippen LogP contribution in [0.4, 0.5) is 0 Å². The molecule has 2 rings (SSSR count). The lowest BCUT2D eigenvalue weighted by Crippen LogP contribution is -2.49. The lowest BCUT2D eigenvalue weighted by atomic mass is 10.0. The van der Waals surface area contributed by atoms with E-state index in [-0.39, 0.29) is 6.10 Å². The van der Waals surface area contributed by atoms with Crippen LogP contribution in [0, 0.1) is 0 Å². The van der Waals surface area contributed by atoms with Crippen molar-refractivity contribution < 1.29 is 5.11 Å². The van der Waals surface area contributed by atoms with Crippen molar-refractivity contribution in [3.05, 3.63) is 34.3 Å². The largest absolute Gasteiger partial charge is 0.390 e. The first-order valence-corrected chi connectivity index (χ1v) is 5.44. The predicted molar refractivity (Wildman–Crippen MR) is 60.6 cm³/mol. The van der Waals surface area contributed by atoms with E-state index in [1.807, 2.05) is 18.2 Å². The van der Waals surface area contributed by atoms with Crippen LogP contribution in [0.2, 0.25) is 5.02 Å². The summed E-state index contributed by atoms with van der Waals surface area (Å²) in [4.78, 5) is 2.19. The molecule has 1 saturated heterocycles. The van der Waals surface area contributed by atoms with Gasteiger partial charge in [0.25, 0.3) is 0 Å². The van der Waals surface area contributed by atoms with Gasteiger partial charge in [-0.05, 0) is 23.3 Å². The van der Waals surface area contributed by atoms with Gasteiger partial charge in [0.05, 0.1) is 6.10 Å². The molecule has 1 aliphatic rings. The van der Waals surface area contributed by atoms with Crippen molar-refractivity contribution in [2.24, 2.45) is 5.73 Å². The predicted octanol–water partition coefficient (Wildman–Crippen LogP) is 0.975. The highest BCUT2D eigenvalue weighted by atomic mass is 35.5. The van der Waals surface area contributed by atoms with Gasteiger partial charge in [0.15, 0.2) is 0 Å². The monoisotopic (exact) mass is 226 g/mol. The summed E-state index contributed by atoms with van der Waals surface area (Å²) >= 11 is 5.89. The van der Waals surface area contributed by atoms with Crippen molar-refractivity contribution in [3.8, 4) is 0 Å². The quantitative estimate of drug-likeness (QED) is 0.808. The van der Waals surface area contributed by atoms with Crippen LogP contribution >= 0.6 is 11.6 Å². The summed E-state index contributed by atoms with van der Waals surface area (Å²) in [6, 6.07) is 5.80.